The molecule has 0 aromatic heterocycles. The molecule has 1 fully saturated rings. The highest BCUT2D eigenvalue weighted by Gasteiger charge is 2.17. The Kier molecular flexibility index (Phi) is 9.35. The molecule has 0 saturated carbocycles. The molecule has 144 valence electrons. The van der Waals surface area contributed by atoms with Crippen LogP contribution in [-0.4, -0.2) is 116 Å². The normalized spacial score (nSPS) is 20.5. The largest absolute Gasteiger partial charge is 0.369 e. The predicted octanol–water partition coefficient (Wildman–Crippen LogP) is -3.71. The Morgan fingerprint density at radius 2 is 0.840 bits per heavy atom. The molecule has 0 aromatic carbocycles. The van der Waals surface area contributed by atoms with Crippen LogP contribution in [0.1, 0.15) is 0 Å². The molecule has 6 N–H and O–H groups in total. The van der Waals surface area contributed by atoms with Crippen molar-refractivity contribution in [1.82, 2.24) is 19.6 Å². The Balaban J connectivity index is 2.76. The molecule has 1 saturated heterocycles. The third-order valence-corrected chi connectivity index (χ3v) is 4.20. The van der Waals surface area contributed by atoms with Crippen LogP contribution in [0.3, 0.4) is 0 Å². The van der Waals surface area contributed by atoms with Gasteiger partial charge in [-0.15, -0.1) is 0 Å². The fourth-order valence-corrected chi connectivity index (χ4v) is 2.77. The van der Waals surface area contributed by atoms with Crippen LogP contribution in [0.15, 0.2) is 0 Å². The second-order valence-corrected chi connectivity index (χ2v) is 6.53. The molecule has 1 aliphatic rings. The quantitative estimate of drug-likeness (QED) is 0.444. The van der Waals surface area contributed by atoms with Crippen LogP contribution in [0.25, 0.3) is 0 Å². The van der Waals surface area contributed by atoms with Crippen molar-refractivity contribution in [1.29, 1.82) is 0 Å². The molecular formula is C15H31N7O3. The van der Waals surface area contributed by atoms with Crippen LogP contribution in [-0.2, 0) is 14.4 Å². The van der Waals surface area contributed by atoms with Crippen LogP contribution in [0, 0.1) is 0 Å². The van der Waals surface area contributed by atoms with Gasteiger partial charge in [0.25, 0.3) is 0 Å². The maximum Gasteiger partial charge on any atom is 0.231 e. The molecule has 0 aromatic rings. The van der Waals surface area contributed by atoms with Crippen LogP contribution < -0.4 is 17.2 Å². The predicted molar refractivity (Wildman–Crippen MR) is 94.4 cm³/mol. The molecule has 10 heteroatoms. The molecular weight excluding hydrogens is 326 g/mol. The highest BCUT2D eigenvalue weighted by Crippen LogP contribution is 1.99. The van der Waals surface area contributed by atoms with Crippen molar-refractivity contribution in [2.75, 3.05) is 79.0 Å². The van der Waals surface area contributed by atoms with Gasteiger partial charge in [0.15, 0.2) is 0 Å². The number of amides is 3. The summed E-state index contributed by atoms with van der Waals surface area (Å²) in [7, 11) is 2.00. The van der Waals surface area contributed by atoms with E-state index in [1.165, 1.54) is 0 Å². The van der Waals surface area contributed by atoms with Gasteiger partial charge in [-0.3, -0.25) is 29.1 Å². The lowest BCUT2D eigenvalue weighted by Gasteiger charge is -2.32. The van der Waals surface area contributed by atoms with Crippen molar-refractivity contribution in [2.45, 2.75) is 0 Å². The number of rotatable bonds is 6. The minimum absolute atomic E-state index is 0.134. The Morgan fingerprint density at radius 3 is 1.08 bits per heavy atom. The van der Waals surface area contributed by atoms with Gasteiger partial charge in [-0.1, -0.05) is 0 Å². The van der Waals surface area contributed by atoms with Crippen LogP contribution >= 0.6 is 0 Å². The summed E-state index contributed by atoms with van der Waals surface area (Å²) in [5, 5.41) is 0. The number of carbonyl (C=O) groups excluding carboxylic acids is 3. The first-order valence-electron chi connectivity index (χ1n) is 8.46. The van der Waals surface area contributed by atoms with Crippen LogP contribution in [0.4, 0.5) is 0 Å². The average molecular weight is 357 g/mol. The third kappa shape index (κ3) is 9.97. The zero-order valence-electron chi connectivity index (χ0n) is 15.0. The first kappa shape index (κ1) is 21.3. The highest BCUT2D eigenvalue weighted by atomic mass is 16.2. The average Bonchev–Trinajstić information content (AvgIpc) is 2.49. The van der Waals surface area contributed by atoms with Crippen molar-refractivity contribution in [3.63, 3.8) is 0 Å². The zero-order chi connectivity index (χ0) is 18.8. The lowest BCUT2D eigenvalue weighted by Crippen LogP contribution is -2.49. The topological polar surface area (TPSA) is 142 Å². The first-order chi connectivity index (χ1) is 11.8. The van der Waals surface area contributed by atoms with Gasteiger partial charge < -0.3 is 22.1 Å². The number of likely N-dealkylation sites (N-methyl/N-ethyl adjacent to an activating group) is 1. The minimum atomic E-state index is -0.408. The lowest BCUT2D eigenvalue weighted by molar-refractivity contribution is -0.121. The maximum absolute atomic E-state index is 11.3. The molecule has 3 amide bonds. The number of carbonyl (C=O) groups is 3. The summed E-state index contributed by atoms with van der Waals surface area (Å²) in [6, 6.07) is 0. The molecule has 0 spiro atoms. The van der Waals surface area contributed by atoms with Gasteiger partial charge in [0.05, 0.1) is 19.6 Å². The Bertz CT molecular complexity index is 428. The number of hydrogen-bond donors (Lipinski definition) is 3. The minimum Gasteiger partial charge on any atom is -0.369 e. The molecule has 0 aliphatic carbocycles. The third-order valence-electron chi connectivity index (χ3n) is 4.20. The summed E-state index contributed by atoms with van der Waals surface area (Å²) >= 11 is 0. The molecule has 1 rings (SSSR count). The molecule has 0 unspecified atom stereocenters. The van der Waals surface area contributed by atoms with E-state index in [-0.39, 0.29) is 31.4 Å². The fourth-order valence-electron chi connectivity index (χ4n) is 2.77. The van der Waals surface area contributed by atoms with Gasteiger partial charge in [0, 0.05) is 52.4 Å². The Hall–Kier alpha value is -1.75. The van der Waals surface area contributed by atoms with E-state index in [9.17, 15) is 14.4 Å². The maximum atomic E-state index is 11.3. The van der Waals surface area contributed by atoms with Crippen molar-refractivity contribution in [3.8, 4) is 0 Å². The van der Waals surface area contributed by atoms with Gasteiger partial charge in [0.2, 0.25) is 17.7 Å². The van der Waals surface area contributed by atoms with Gasteiger partial charge in [-0.2, -0.15) is 0 Å². The van der Waals surface area contributed by atoms with Crippen LogP contribution in [0.5, 0.6) is 0 Å². The summed E-state index contributed by atoms with van der Waals surface area (Å²) in [4.78, 5) is 41.9. The monoisotopic (exact) mass is 357 g/mol. The van der Waals surface area contributed by atoms with Crippen LogP contribution in [0.2, 0.25) is 0 Å². The van der Waals surface area contributed by atoms with E-state index < -0.39 is 5.91 Å². The summed E-state index contributed by atoms with van der Waals surface area (Å²) in [6.45, 7) is 5.83. The van der Waals surface area contributed by atoms with Crippen molar-refractivity contribution in [3.05, 3.63) is 0 Å². The number of nitrogens with two attached hydrogens (primary N) is 3. The SMILES string of the molecule is CN1CCN(CC(N)=O)CCN(CC(N)=O)CCN(CC(N)=O)CC1. The van der Waals surface area contributed by atoms with Crippen molar-refractivity contribution >= 4 is 17.7 Å². The summed E-state index contributed by atoms with van der Waals surface area (Å²) in [6.07, 6.45) is 0. The molecule has 0 atom stereocenters. The van der Waals surface area contributed by atoms with Crippen molar-refractivity contribution < 1.29 is 14.4 Å². The first-order valence-corrected chi connectivity index (χ1v) is 8.46. The van der Waals surface area contributed by atoms with E-state index in [0.717, 1.165) is 13.1 Å². The molecule has 0 radical (unpaired) electrons. The molecule has 1 heterocycles. The smallest absolute Gasteiger partial charge is 0.231 e. The number of primary amides is 3. The molecule has 1 aliphatic heterocycles. The van der Waals surface area contributed by atoms with E-state index in [1.807, 2.05) is 21.7 Å². The molecule has 25 heavy (non-hydrogen) atoms. The second kappa shape index (κ2) is 11.0. The lowest BCUT2D eigenvalue weighted by atomic mass is 10.3. The second-order valence-electron chi connectivity index (χ2n) is 6.53. The zero-order valence-corrected chi connectivity index (χ0v) is 15.0. The summed E-state index contributed by atoms with van der Waals surface area (Å²) in [5.41, 5.74) is 16.0. The van der Waals surface area contributed by atoms with E-state index in [4.69, 9.17) is 17.2 Å². The van der Waals surface area contributed by atoms with E-state index >= 15 is 0 Å². The Morgan fingerprint density at radius 1 is 0.600 bits per heavy atom. The fraction of sp³-hybridized carbons (Fsp3) is 0.800. The summed E-state index contributed by atoms with van der Waals surface area (Å²) in [5.74, 6) is -1.15. The Labute approximate surface area is 148 Å². The standard InChI is InChI=1S/C15H31N7O3/c1-19-2-4-20(10-13(16)23)6-8-22(12-15(18)25)9-7-21(5-3-19)11-14(17)24/h2-12H2,1H3,(H2,16,23)(H2,17,24)(H2,18,25). The van der Waals surface area contributed by atoms with Gasteiger partial charge in [-0.05, 0) is 7.05 Å². The number of hydrogen-bond acceptors (Lipinski definition) is 7. The van der Waals surface area contributed by atoms with Gasteiger partial charge in [0.1, 0.15) is 0 Å². The van der Waals surface area contributed by atoms with E-state index in [0.29, 0.717) is 39.3 Å². The summed E-state index contributed by atoms with van der Waals surface area (Å²) < 4.78 is 0. The van der Waals surface area contributed by atoms with E-state index in [1.54, 1.807) is 0 Å². The molecule has 0 bridgehead atoms. The highest BCUT2D eigenvalue weighted by molar-refractivity contribution is 5.76. The van der Waals surface area contributed by atoms with E-state index in [2.05, 4.69) is 4.90 Å². The number of nitrogens with zero attached hydrogens (tertiary/aromatic N) is 4. The van der Waals surface area contributed by atoms with Gasteiger partial charge in [-0.25, -0.2) is 0 Å². The van der Waals surface area contributed by atoms with Crippen molar-refractivity contribution in [2.24, 2.45) is 17.2 Å². The molecule has 10 nitrogen and oxygen atoms in total. The van der Waals surface area contributed by atoms with Gasteiger partial charge >= 0.3 is 0 Å².